The third kappa shape index (κ3) is 13.6. The maximum atomic E-state index is 11.9. The predicted molar refractivity (Wildman–Crippen MR) is 285 cm³/mol. The Kier molecular flexibility index (Phi) is 16.3. The first-order chi connectivity index (χ1) is 31.5. The number of carbonyl (C=O) groups is 2. The van der Waals surface area contributed by atoms with Crippen molar-refractivity contribution in [1.29, 1.82) is 0 Å². The number of fused-ring (bicyclic) bond motifs is 4. The van der Waals surface area contributed by atoms with E-state index in [1.165, 1.54) is 23.3 Å². The van der Waals surface area contributed by atoms with Gasteiger partial charge in [-0.25, -0.2) is 4.79 Å². The normalized spacial score (nSPS) is 12.2. The number of nitrogens with one attached hydrogen (secondary N) is 5. The zero-order chi connectivity index (χ0) is 50.7. The molecule has 4 aromatic carbocycles. The van der Waals surface area contributed by atoms with Gasteiger partial charge in [-0.3, -0.25) is 19.2 Å². The molecule has 1 aliphatic rings. The number of rotatable bonds is 2. The minimum Gasteiger partial charge on any atom is -0.507 e. The topological polar surface area (TPSA) is 197 Å². The minimum atomic E-state index is -1.09. The summed E-state index contributed by atoms with van der Waals surface area (Å²) in [6, 6.07) is 27.2. The Balaban J connectivity index is 0.000000200. The lowest BCUT2D eigenvalue weighted by Crippen LogP contribution is -2.21. The maximum absolute atomic E-state index is 11.9. The van der Waals surface area contributed by atoms with Crippen LogP contribution in [0.2, 0.25) is 0 Å². The van der Waals surface area contributed by atoms with Gasteiger partial charge in [0.25, 0.3) is 11.5 Å². The first-order valence-electron chi connectivity index (χ1n) is 22.4. The van der Waals surface area contributed by atoms with Gasteiger partial charge in [-0.05, 0) is 104 Å². The molecule has 0 saturated carbocycles. The number of amides is 1. The van der Waals surface area contributed by atoms with Crippen molar-refractivity contribution in [2.75, 3.05) is 12.4 Å². The lowest BCUT2D eigenvalue weighted by molar-refractivity contribution is 0.0698. The number of pyridine rings is 3. The molecule has 0 atom stereocenters. The van der Waals surface area contributed by atoms with Crippen molar-refractivity contribution in [2.24, 2.45) is 0 Å². The van der Waals surface area contributed by atoms with Crippen LogP contribution in [0.4, 0.5) is 5.69 Å². The summed E-state index contributed by atoms with van der Waals surface area (Å²) in [7, 11) is 1.56. The quantitative estimate of drug-likeness (QED) is 0.0888. The van der Waals surface area contributed by atoms with E-state index in [9.17, 15) is 29.1 Å². The molecule has 8 rings (SSSR count). The Morgan fingerprint density at radius 2 is 0.899 bits per heavy atom. The molecule has 3 aromatic heterocycles. The van der Waals surface area contributed by atoms with Crippen LogP contribution in [0.3, 0.4) is 0 Å². The van der Waals surface area contributed by atoms with Gasteiger partial charge in [-0.1, -0.05) is 127 Å². The van der Waals surface area contributed by atoms with E-state index in [0.717, 1.165) is 39.5 Å². The van der Waals surface area contributed by atoms with Crippen LogP contribution in [0.25, 0.3) is 38.8 Å². The highest BCUT2D eigenvalue weighted by Gasteiger charge is 2.20. The van der Waals surface area contributed by atoms with Gasteiger partial charge in [0.15, 0.2) is 0 Å². The number of H-pyrrole nitrogens is 3. The number of aromatic carboxylic acids is 1. The van der Waals surface area contributed by atoms with Crippen molar-refractivity contribution in [3.8, 4) is 5.75 Å². The highest BCUT2D eigenvalue weighted by Crippen LogP contribution is 2.32. The number of allylic oxidation sites excluding steroid dienone is 1. The van der Waals surface area contributed by atoms with Crippen LogP contribution < -0.4 is 27.3 Å². The fourth-order valence-electron chi connectivity index (χ4n) is 7.33. The van der Waals surface area contributed by atoms with Gasteiger partial charge >= 0.3 is 5.97 Å². The smallest absolute Gasteiger partial charge is 0.336 e. The van der Waals surface area contributed by atoms with Gasteiger partial charge in [0, 0.05) is 63.8 Å². The molecular formula is C57H69N5O7. The lowest BCUT2D eigenvalue weighted by atomic mass is 9.85. The second-order valence-electron chi connectivity index (χ2n) is 21.1. The Bertz CT molecular complexity index is 3270. The van der Waals surface area contributed by atoms with E-state index in [-0.39, 0.29) is 57.4 Å². The first kappa shape index (κ1) is 54.1. The zero-order valence-corrected chi connectivity index (χ0v) is 41.5. The van der Waals surface area contributed by atoms with Crippen molar-refractivity contribution in [1.82, 2.24) is 20.3 Å². The Morgan fingerprint density at radius 1 is 0.522 bits per heavy atom. The number of aromatic nitrogens is 3. The third-order valence-corrected chi connectivity index (χ3v) is 11.5. The number of carbonyl (C=O) groups excluding carboxylic acids is 1. The average Bonchev–Trinajstić information content (AvgIpc) is 3.24. The van der Waals surface area contributed by atoms with Gasteiger partial charge in [0.2, 0.25) is 11.1 Å². The summed E-state index contributed by atoms with van der Waals surface area (Å²) < 4.78 is 0. The second-order valence-corrected chi connectivity index (χ2v) is 21.1. The van der Waals surface area contributed by atoms with Gasteiger partial charge in [0.05, 0.1) is 16.6 Å². The average molecular weight is 936 g/mol. The number of anilines is 1. The summed E-state index contributed by atoms with van der Waals surface area (Å²) in [6.07, 6.45) is 4.12. The molecule has 0 unspecified atom stereocenters. The lowest BCUT2D eigenvalue weighted by Gasteiger charge is -2.22. The highest BCUT2D eigenvalue weighted by atomic mass is 16.4. The van der Waals surface area contributed by atoms with Crippen molar-refractivity contribution in [2.45, 2.75) is 112 Å². The van der Waals surface area contributed by atoms with E-state index in [4.69, 9.17) is 5.11 Å². The standard InChI is InChI=1S/C15H18N2O2.C14H15NO3.C14H17N.C13H15NO2.CH4/c1-15(2,3)9-5-6-12-10(7-9)11(14(19)16-4)8-13(18)17-12;1-14(2,3)8-4-5-11-9(6-8)10(13(17)18)7-12(16)15-11;1-10-5-6-11-9-12(14(2,3)4)7-8-13(11)15-10;1-13(2,3)8-4-5-10-9(6-8)11(15)7-12(16)14-10;/h5-8H,1-4H3,(H,16,19)(H,17,18);4-7H,1-3H3,(H,15,16)(H,17,18);5-9,15H,1H2,2-4H3;4-7H,1-3H3,(H2,14,15,16);1H4. The van der Waals surface area contributed by atoms with E-state index in [1.807, 2.05) is 54.6 Å². The molecule has 0 spiro atoms. The molecule has 1 aliphatic heterocycles. The molecule has 0 aliphatic carbocycles. The molecule has 12 nitrogen and oxygen atoms in total. The molecule has 7 aromatic rings. The molecule has 0 radical (unpaired) electrons. The maximum Gasteiger partial charge on any atom is 0.336 e. The summed E-state index contributed by atoms with van der Waals surface area (Å²) in [6.45, 7) is 29.4. The SMILES string of the molecule is C.C=C1C=Cc2cc(C(C)(C)C)ccc2N1.CC(C)(C)c1ccc2[nH]c(=O)cc(C(=O)O)c2c1.CC(C)(C)c1ccc2[nH]c(=O)cc(O)c2c1.CNC(=O)c1cc(=O)[nH]c2ccc(C(C)(C)C)cc12. The van der Waals surface area contributed by atoms with Crippen molar-refractivity contribution < 1.29 is 19.8 Å². The fourth-order valence-corrected chi connectivity index (χ4v) is 7.33. The van der Waals surface area contributed by atoms with Crippen LogP contribution in [0, 0.1) is 0 Å². The second kappa shape index (κ2) is 20.8. The van der Waals surface area contributed by atoms with Crippen LogP contribution in [0.5, 0.6) is 5.75 Å². The van der Waals surface area contributed by atoms with Crippen LogP contribution in [-0.2, 0) is 21.7 Å². The molecule has 364 valence electrons. The summed E-state index contributed by atoms with van der Waals surface area (Å²) in [4.78, 5) is 65.3. The number of aromatic hydroxyl groups is 1. The zero-order valence-electron chi connectivity index (χ0n) is 41.5. The van der Waals surface area contributed by atoms with Crippen LogP contribution in [0.1, 0.15) is 139 Å². The van der Waals surface area contributed by atoms with Crippen LogP contribution >= 0.6 is 0 Å². The fraction of sp³-hybridized carbons (Fsp3) is 0.316. The summed E-state index contributed by atoms with van der Waals surface area (Å²) in [5.41, 5.74) is 9.53. The number of benzene rings is 4. The number of carboxylic acid groups (broad SMARTS) is 1. The van der Waals surface area contributed by atoms with Gasteiger partial charge in [-0.15, -0.1) is 0 Å². The summed E-state index contributed by atoms with van der Waals surface area (Å²) >= 11 is 0. The Labute approximate surface area is 404 Å². The molecule has 0 saturated heterocycles. The molecule has 4 heterocycles. The monoisotopic (exact) mass is 936 g/mol. The van der Waals surface area contributed by atoms with E-state index >= 15 is 0 Å². The number of hydrogen-bond donors (Lipinski definition) is 7. The van der Waals surface area contributed by atoms with Crippen LogP contribution in [0.15, 0.2) is 124 Å². The summed E-state index contributed by atoms with van der Waals surface area (Å²) in [5.74, 6) is -1.30. The third-order valence-electron chi connectivity index (χ3n) is 11.5. The molecular weight excluding hydrogens is 867 g/mol. The predicted octanol–water partition coefficient (Wildman–Crippen LogP) is 11.8. The molecule has 12 heteroatoms. The van der Waals surface area contributed by atoms with E-state index < -0.39 is 11.5 Å². The van der Waals surface area contributed by atoms with Crippen LogP contribution in [-0.4, -0.2) is 44.1 Å². The largest absolute Gasteiger partial charge is 0.507 e. The number of aromatic amines is 3. The molecule has 69 heavy (non-hydrogen) atoms. The number of carboxylic acids is 1. The highest BCUT2D eigenvalue weighted by molar-refractivity contribution is 6.06. The van der Waals surface area contributed by atoms with Crippen molar-refractivity contribution >= 4 is 56.3 Å². The van der Waals surface area contributed by atoms with Gasteiger partial charge < -0.3 is 35.8 Å². The van der Waals surface area contributed by atoms with E-state index in [1.54, 1.807) is 13.1 Å². The minimum absolute atomic E-state index is 0. The first-order valence-corrected chi connectivity index (χ1v) is 22.4. The molecule has 0 bridgehead atoms. The summed E-state index contributed by atoms with van der Waals surface area (Å²) in [5, 5.41) is 26.7. The van der Waals surface area contributed by atoms with Crippen molar-refractivity contribution in [3.05, 3.63) is 179 Å². The Hall–Kier alpha value is -7.47. The van der Waals surface area contributed by atoms with E-state index in [0.29, 0.717) is 32.9 Å². The molecule has 0 fully saturated rings. The van der Waals surface area contributed by atoms with Gasteiger partial charge in [-0.2, -0.15) is 0 Å². The molecule has 7 N–H and O–H groups in total. The van der Waals surface area contributed by atoms with Crippen molar-refractivity contribution in [3.63, 3.8) is 0 Å². The van der Waals surface area contributed by atoms with E-state index in [2.05, 4.69) is 140 Å². The molecule has 1 amide bonds. The van der Waals surface area contributed by atoms with Gasteiger partial charge in [0.1, 0.15) is 5.75 Å². The number of hydrogen-bond acceptors (Lipinski definition) is 7. The Morgan fingerprint density at radius 3 is 1.33 bits per heavy atom.